The summed E-state index contributed by atoms with van der Waals surface area (Å²) in [7, 11) is -3.81. The van der Waals surface area contributed by atoms with Gasteiger partial charge in [0.1, 0.15) is 5.25 Å². The molecule has 0 fully saturated rings. The third kappa shape index (κ3) is 6.92. The standard InChI is InChI=1S/C32H40N2O2S/c1-6-33(7-2)30(24-27-16-12-10-13-17-27)32(37(35,36)29-22-20-26(5)21-23-29)31(34(8-3)9-4)25-28-18-14-11-15-19-28/h10-25,32H,6-9H2,1-5H3. The normalized spacial score (nSPS) is 13.3. The average Bonchev–Trinajstić information content (AvgIpc) is 2.91. The number of aryl methyl sites for hydroxylation is 1. The number of nitrogens with zero attached hydrogens (tertiary/aromatic N) is 2. The molecule has 0 bridgehead atoms. The van der Waals surface area contributed by atoms with Gasteiger partial charge < -0.3 is 9.80 Å². The van der Waals surface area contributed by atoms with E-state index in [2.05, 4.69) is 37.5 Å². The summed E-state index contributed by atoms with van der Waals surface area (Å²) in [6.07, 6.45) is 4.09. The van der Waals surface area contributed by atoms with Crippen molar-refractivity contribution in [1.29, 1.82) is 0 Å². The summed E-state index contributed by atoms with van der Waals surface area (Å²) in [5.41, 5.74) is 4.55. The zero-order chi connectivity index (χ0) is 26.8. The summed E-state index contributed by atoms with van der Waals surface area (Å²) in [4.78, 5) is 4.68. The maximum absolute atomic E-state index is 14.6. The van der Waals surface area contributed by atoms with E-state index in [9.17, 15) is 8.42 Å². The van der Waals surface area contributed by atoms with Crippen LogP contribution < -0.4 is 0 Å². The predicted octanol–water partition coefficient (Wildman–Crippen LogP) is 6.90. The lowest BCUT2D eigenvalue weighted by Crippen LogP contribution is -2.41. The first-order valence-electron chi connectivity index (χ1n) is 13.2. The Morgan fingerprint density at radius 1 is 0.649 bits per heavy atom. The van der Waals surface area contributed by atoms with E-state index < -0.39 is 15.1 Å². The van der Waals surface area contributed by atoms with Crippen LogP contribution in [0.3, 0.4) is 0 Å². The zero-order valence-corrected chi connectivity index (χ0v) is 23.6. The van der Waals surface area contributed by atoms with Crippen molar-refractivity contribution >= 4 is 22.0 Å². The van der Waals surface area contributed by atoms with Gasteiger partial charge in [-0.15, -0.1) is 0 Å². The van der Waals surface area contributed by atoms with E-state index in [0.29, 0.717) is 31.1 Å². The number of benzene rings is 3. The van der Waals surface area contributed by atoms with Gasteiger partial charge in [0.05, 0.1) is 4.90 Å². The lowest BCUT2D eigenvalue weighted by molar-refractivity contribution is 0.341. The molecule has 0 aliphatic heterocycles. The third-order valence-corrected chi connectivity index (χ3v) is 8.72. The minimum Gasteiger partial charge on any atom is -0.374 e. The average molecular weight is 517 g/mol. The Labute approximate surface area is 223 Å². The summed E-state index contributed by atoms with van der Waals surface area (Å²) in [5.74, 6) is 0. The molecule has 0 radical (unpaired) electrons. The summed E-state index contributed by atoms with van der Waals surface area (Å²) < 4.78 is 29.3. The van der Waals surface area contributed by atoms with Gasteiger partial charge in [0.2, 0.25) is 0 Å². The van der Waals surface area contributed by atoms with Gasteiger partial charge in [0, 0.05) is 37.6 Å². The first-order valence-corrected chi connectivity index (χ1v) is 14.7. The molecule has 0 unspecified atom stereocenters. The predicted molar refractivity (Wildman–Crippen MR) is 157 cm³/mol. The Morgan fingerprint density at radius 3 is 1.38 bits per heavy atom. The molecule has 0 amide bonds. The van der Waals surface area contributed by atoms with Crippen molar-refractivity contribution in [3.8, 4) is 0 Å². The second kappa shape index (κ2) is 13.3. The van der Waals surface area contributed by atoms with Gasteiger partial charge in [-0.2, -0.15) is 0 Å². The van der Waals surface area contributed by atoms with Crippen LogP contribution in [-0.2, 0) is 9.84 Å². The minimum absolute atomic E-state index is 0.334. The maximum Gasteiger partial charge on any atom is 0.192 e. The maximum atomic E-state index is 14.6. The smallest absolute Gasteiger partial charge is 0.192 e. The van der Waals surface area contributed by atoms with Gasteiger partial charge in [-0.25, -0.2) is 8.42 Å². The molecule has 0 saturated carbocycles. The molecule has 4 nitrogen and oxygen atoms in total. The van der Waals surface area contributed by atoms with Crippen molar-refractivity contribution in [2.45, 2.75) is 44.8 Å². The zero-order valence-electron chi connectivity index (χ0n) is 22.8. The molecule has 196 valence electrons. The molecule has 0 heterocycles. The Kier molecular flexibility index (Phi) is 10.2. The van der Waals surface area contributed by atoms with Crippen LogP contribution >= 0.6 is 0 Å². The Hall–Kier alpha value is -3.31. The monoisotopic (exact) mass is 516 g/mol. The fourth-order valence-corrected chi connectivity index (χ4v) is 6.47. The number of rotatable bonds is 12. The molecule has 0 N–H and O–H groups in total. The Bertz CT molecular complexity index is 1210. The molecule has 0 saturated heterocycles. The molecular weight excluding hydrogens is 476 g/mol. The van der Waals surface area contributed by atoms with E-state index in [4.69, 9.17) is 0 Å². The van der Waals surface area contributed by atoms with Crippen molar-refractivity contribution in [3.63, 3.8) is 0 Å². The van der Waals surface area contributed by atoms with Crippen LogP contribution in [0.1, 0.15) is 44.4 Å². The molecule has 3 rings (SSSR count). The Balaban J connectivity index is 2.40. The number of sulfone groups is 1. The highest BCUT2D eigenvalue weighted by Crippen LogP contribution is 2.34. The van der Waals surface area contributed by atoms with Gasteiger partial charge in [0.25, 0.3) is 0 Å². The molecular formula is C32H40N2O2S. The van der Waals surface area contributed by atoms with Crippen LogP contribution in [0.25, 0.3) is 12.2 Å². The Morgan fingerprint density at radius 2 is 1.03 bits per heavy atom. The topological polar surface area (TPSA) is 40.6 Å². The number of hydrogen-bond donors (Lipinski definition) is 0. The minimum atomic E-state index is -3.81. The van der Waals surface area contributed by atoms with Crippen LogP contribution in [0.5, 0.6) is 0 Å². The van der Waals surface area contributed by atoms with Crippen LogP contribution in [-0.4, -0.2) is 49.6 Å². The molecule has 3 aromatic carbocycles. The largest absolute Gasteiger partial charge is 0.374 e. The number of hydrogen-bond acceptors (Lipinski definition) is 4. The molecule has 0 atom stereocenters. The van der Waals surface area contributed by atoms with Gasteiger partial charge in [0.15, 0.2) is 9.84 Å². The van der Waals surface area contributed by atoms with Gasteiger partial charge in [-0.1, -0.05) is 78.4 Å². The molecule has 37 heavy (non-hydrogen) atoms. The van der Waals surface area contributed by atoms with Crippen LogP contribution in [0.4, 0.5) is 0 Å². The molecule has 0 aromatic heterocycles. The van der Waals surface area contributed by atoms with E-state index >= 15 is 0 Å². The van der Waals surface area contributed by atoms with E-state index in [-0.39, 0.29) is 0 Å². The van der Waals surface area contributed by atoms with Crippen molar-refractivity contribution in [2.75, 3.05) is 26.2 Å². The van der Waals surface area contributed by atoms with E-state index in [1.807, 2.05) is 91.9 Å². The highest BCUT2D eigenvalue weighted by atomic mass is 32.2. The first-order chi connectivity index (χ1) is 17.8. The molecule has 3 aromatic rings. The summed E-state index contributed by atoms with van der Waals surface area (Å²) >= 11 is 0. The van der Waals surface area contributed by atoms with E-state index in [0.717, 1.165) is 28.1 Å². The summed E-state index contributed by atoms with van der Waals surface area (Å²) in [6.45, 7) is 13.1. The highest BCUT2D eigenvalue weighted by molar-refractivity contribution is 7.92. The third-order valence-electron chi connectivity index (χ3n) is 6.68. The SMILES string of the molecule is CCN(CC)C(=Cc1ccccc1)C(C(=Cc1ccccc1)N(CC)CC)S(=O)(=O)c1ccc(C)cc1. The second-order valence-electron chi connectivity index (χ2n) is 9.04. The fraction of sp³-hybridized carbons (Fsp3) is 0.312. The van der Waals surface area contributed by atoms with Crippen molar-refractivity contribution in [1.82, 2.24) is 9.80 Å². The van der Waals surface area contributed by atoms with Crippen molar-refractivity contribution < 1.29 is 8.42 Å². The fourth-order valence-electron chi connectivity index (χ4n) is 4.62. The van der Waals surface area contributed by atoms with Crippen LogP contribution in [0.2, 0.25) is 0 Å². The molecule has 5 heteroatoms. The molecule has 0 aliphatic carbocycles. The summed E-state index contributed by atoms with van der Waals surface area (Å²) in [5, 5.41) is -0.879. The molecule has 0 spiro atoms. The molecule has 0 aliphatic rings. The van der Waals surface area contributed by atoms with Crippen LogP contribution in [0.15, 0.2) is 101 Å². The quantitative estimate of drug-likeness (QED) is 0.262. The van der Waals surface area contributed by atoms with E-state index in [1.54, 1.807) is 12.1 Å². The summed E-state index contributed by atoms with van der Waals surface area (Å²) in [6, 6.07) is 27.2. The van der Waals surface area contributed by atoms with Gasteiger partial charge in [-0.05, 0) is 70.0 Å². The van der Waals surface area contributed by atoms with Crippen molar-refractivity contribution in [2.24, 2.45) is 0 Å². The lowest BCUT2D eigenvalue weighted by atomic mass is 10.1. The van der Waals surface area contributed by atoms with Crippen LogP contribution in [0, 0.1) is 6.92 Å². The second-order valence-corrected chi connectivity index (χ2v) is 11.1. The van der Waals surface area contributed by atoms with Gasteiger partial charge >= 0.3 is 0 Å². The lowest BCUT2D eigenvalue weighted by Gasteiger charge is -2.36. The van der Waals surface area contributed by atoms with Crippen molar-refractivity contribution in [3.05, 3.63) is 113 Å². The van der Waals surface area contributed by atoms with Gasteiger partial charge in [-0.3, -0.25) is 0 Å². The first kappa shape index (κ1) is 28.3. The van der Waals surface area contributed by atoms with E-state index in [1.165, 1.54) is 0 Å². The highest BCUT2D eigenvalue weighted by Gasteiger charge is 2.38.